The Morgan fingerprint density at radius 1 is 0.931 bits per heavy atom. The van der Waals surface area contributed by atoms with Gasteiger partial charge in [0.2, 0.25) is 0 Å². The van der Waals surface area contributed by atoms with Crippen LogP contribution < -0.4 is 10.5 Å². The van der Waals surface area contributed by atoms with Crippen molar-refractivity contribution in [3.05, 3.63) is 66.2 Å². The van der Waals surface area contributed by atoms with Gasteiger partial charge < -0.3 is 10.5 Å². The third-order valence-electron chi connectivity index (χ3n) is 5.02. The van der Waals surface area contributed by atoms with Crippen molar-refractivity contribution >= 4 is 5.82 Å². The average Bonchev–Trinajstić information content (AvgIpc) is 2.67. The summed E-state index contributed by atoms with van der Waals surface area (Å²) in [4.78, 5) is 4.72. The van der Waals surface area contributed by atoms with E-state index >= 15 is 0 Å². The molecule has 3 aromatic rings. The highest BCUT2D eigenvalue weighted by molar-refractivity contribution is 5.83. The summed E-state index contributed by atoms with van der Waals surface area (Å²) in [6.07, 6.45) is 1.01. The van der Waals surface area contributed by atoms with Gasteiger partial charge in [-0.3, -0.25) is 0 Å². The van der Waals surface area contributed by atoms with E-state index in [-0.39, 0.29) is 5.41 Å². The number of rotatable bonds is 6. The number of anilines is 1. The number of aromatic nitrogens is 1. The van der Waals surface area contributed by atoms with Crippen LogP contribution >= 0.6 is 0 Å². The third-order valence-corrected chi connectivity index (χ3v) is 5.02. The minimum Gasteiger partial charge on any atom is -0.494 e. The van der Waals surface area contributed by atoms with Crippen molar-refractivity contribution < 1.29 is 4.74 Å². The molecule has 0 fully saturated rings. The Labute approximate surface area is 175 Å². The first-order chi connectivity index (χ1) is 13.7. The lowest BCUT2D eigenvalue weighted by Gasteiger charge is -2.19. The topological polar surface area (TPSA) is 48.1 Å². The van der Waals surface area contributed by atoms with Gasteiger partial charge >= 0.3 is 0 Å². The Hall–Kier alpha value is -2.81. The zero-order valence-corrected chi connectivity index (χ0v) is 18.2. The molecule has 0 bridgehead atoms. The lowest BCUT2D eigenvalue weighted by atomic mass is 9.91. The van der Waals surface area contributed by atoms with E-state index in [4.69, 9.17) is 15.5 Å². The van der Waals surface area contributed by atoms with E-state index < -0.39 is 0 Å². The largest absolute Gasteiger partial charge is 0.494 e. The highest BCUT2D eigenvalue weighted by Gasteiger charge is 2.16. The molecular formula is C26H32N2O. The standard InChI is InChI=1S/C26H32N2O/c1-18(2)21-11-6-7-12-23(21)25-22(13-14-24(27)28-25)19-9-8-10-20(17-19)29-16-15-26(3,4)5/h6-14,17-18H,15-16H2,1-5H3,(H2,27,28). The van der Waals surface area contributed by atoms with E-state index in [1.54, 1.807) is 0 Å². The molecule has 0 saturated heterocycles. The molecule has 0 atom stereocenters. The van der Waals surface area contributed by atoms with Crippen molar-refractivity contribution in [3.8, 4) is 28.1 Å². The number of benzene rings is 2. The van der Waals surface area contributed by atoms with E-state index in [0.717, 1.165) is 34.6 Å². The van der Waals surface area contributed by atoms with Crippen molar-refractivity contribution in [2.45, 2.75) is 47.0 Å². The molecule has 2 aromatic carbocycles. The number of hydrogen-bond acceptors (Lipinski definition) is 3. The van der Waals surface area contributed by atoms with E-state index in [9.17, 15) is 0 Å². The fourth-order valence-corrected chi connectivity index (χ4v) is 3.36. The fraction of sp³-hybridized carbons (Fsp3) is 0.346. The van der Waals surface area contributed by atoms with Gasteiger partial charge in [0.15, 0.2) is 0 Å². The number of hydrogen-bond donors (Lipinski definition) is 1. The summed E-state index contributed by atoms with van der Waals surface area (Å²) in [7, 11) is 0. The molecule has 0 aliphatic heterocycles. The first-order valence-electron chi connectivity index (χ1n) is 10.3. The molecule has 1 heterocycles. The molecule has 0 saturated carbocycles. The second kappa shape index (κ2) is 8.69. The molecule has 3 rings (SSSR count). The Morgan fingerprint density at radius 3 is 2.41 bits per heavy atom. The van der Waals surface area contributed by atoms with E-state index in [1.807, 2.05) is 18.2 Å². The summed E-state index contributed by atoms with van der Waals surface area (Å²) < 4.78 is 6.03. The van der Waals surface area contributed by atoms with Crippen LogP contribution in [0.15, 0.2) is 60.7 Å². The van der Waals surface area contributed by atoms with Gasteiger partial charge in [-0.2, -0.15) is 0 Å². The summed E-state index contributed by atoms with van der Waals surface area (Å²) in [5.74, 6) is 1.81. The molecule has 2 N–H and O–H groups in total. The second-order valence-electron chi connectivity index (χ2n) is 9.06. The summed E-state index contributed by atoms with van der Waals surface area (Å²) in [6, 6.07) is 20.6. The van der Waals surface area contributed by atoms with Crippen LogP contribution in [0.3, 0.4) is 0 Å². The predicted molar refractivity (Wildman–Crippen MR) is 123 cm³/mol. The molecule has 3 nitrogen and oxygen atoms in total. The van der Waals surface area contributed by atoms with Gasteiger partial charge in [-0.1, -0.05) is 71.0 Å². The van der Waals surface area contributed by atoms with Crippen LogP contribution in [0.1, 0.15) is 52.5 Å². The number of nitrogen functional groups attached to an aromatic ring is 1. The van der Waals surface area contributed by atoms with E-state index in [1.165, 1.54) is 5.56 Å². The predicted octanol–water partition coefficient (Wildman–Crippen LogP) is 6.94. The molecular weight excluding hydrogens is 356 g/mol. The minimum absolute atomic E-state index is 0.256. The third kappa shape index (κ3) is 5.38. The average molecular weight is 389 g/mol. The van der Waals surface area contributed by atoms with Crippen molar-refractivity contribution in [2.75, 3.05) is 12.3 Å². The number of pyridine rings is 1. The number of nitrogens with zero attached hydrogens (tertiary/aromatic N) is 1. The fourth-order valence-electron chi connectivity index (χ4n) is 3.36. The molecule has 0 aliphatic rings. The van der Waals surface area contributed by atoms with Crippen molar-refractivity contribution in [1.82, 2.24) is 4.98 Å². The van der Waals surface area contributed by atoms with Gasteiger partial charge in [0.05, 0.1) is 12.3 Å². The van der Waals surface area contributed by atoms with Gasteiger partial charge in [0.25, 0.3) is 0 Å². The number of nitrogens with two attached hydrogens (primary N) is 1. The Morgan fingerprint density at radius 2 is 1.69 bits per heavy atom. The minimum atomic E-state index is 0.256. The van der Waals surface area contributed by atoms with Crippen LogP contribution in [0.2, 0.25) is 0 Å². The lowest BCUT2D eigenvalue weighted by molar-refractivity contribution is 0.243. The van der Waals surface area contributed by atoms with Gasteiger partial charge in [0, 0.05) is 11.1 Å². The Bertz CT molecular complexity index is 970. The Kier molecular flexibility index (Phi) is 6.26. The molecule has 29 heavy (non-hydrogen) atoms. The van der Waals surface area contributed by atoms with Crippen LogP contribution in [0.4, 0.5) is 5.82 Å². The molecule has 0 spiro atoms. The van der Waals surface area contributed by atoms with Crippen LogP contribution in [-0.4, -0.2) is 11.6 Å². The van der Waals surface area contributed by atoms with Crippen LogP contribution in [-0.2, 0) is 0 Å². The van der Waals surface area contributed by atoms with Gasteiger partial charge in [0.1, 0.15) is 11.6 Å². The molecule has 0 aliphatic carbocycles. The quantitative estimate of drug-likeness (QED) is 0.498. The maximum atomic E-state index is 6.07. The maximum absolute atomic E-state index is 6.07. The summed E-state index contributed by atoms with van der Waals surface area (Å²) in [5, 5.41) is 0. The molecule has 0 radical (unpaired) electrons. The van der Waals surface area contributed by atoms with Crippen molar-refractivity contribution in [3.63, 3.8) is 0 Å². The van der Waals surface area contributed by atoms with Crippen LogP contribution in [0.25, 0.3) is 22.4 Å². The van der Waals surface area contributed by atoms with E-state index in [2.05, 4.69) is 77.1 Å². The normalized spacial score (nSPS) is 11.7. The Balaban J connectivity index is 2.00. The van der Waals surface area contributed by atoms with Gasteiger partial charge in [-0.25, -0.2) is 4.98 Å². The zero-order valence-electron chi connectivity index (χ0n) is 18.2. The number of ether oxygens (including phenoxy) is 1. The van der Waals surface area contributed by atoms with E-state index in [0.29, 0.717) is 18.3 Å². The molecule has 0 unspecified atom stereocenters. The van der Waals surface area contributed by atoms with Gasteiger partial charge in [-0.15, -0.1) is 0 Å². The zero-order chi connectivity index (χ0) is 21.0. The van der Waals surface area contributed by atoms with Crippen LogP contribution in [0.5, 0.6) is 5.75 Å². The highest BCUT2D eigenvalue weighted by atomic mass is 16.5. The summed E-state index contributed by atoms with van der Waals surface area (Å²) in [6.45, 7) is 11.8. The van der Waals surface area contributed by atoms with Gasteiger partial charge in [-0.05, 0) is 53.1 Å². The molecule has 1 aromatic heterocycles. The smallest absolute Gasteiger partial charge is 0.124 e. The molecule has 3 heteroatoms. The summed E-state index contributed by atoms with van der Waals surface area (Å²) >= 11 is 0. The van der Waals surface area contributed by atoms with Crippen LogP contribution in [0, 0.1) is 5.41 Å². The van der Waals surface area contributed by atoms with Crippen molar-refractivity contribution in [2.24, 2.45) is 5.41 Å². The first kappa shape index (κ1) is 20.9. The molecule has 0 amide bonds. The lowest BCUT2D eigenvalue weighted by Crippen LogP contribution is -2.11. The maximum Gasteiger partial charge on any atom is 0.124 e. The summed E-state index contributed by atoms with van der Waals surface area (Å²) in [5.41, 5.74) is 11.8. The highest BCUT2D eigenvalue weighted by Crippen LogP contribution is 2.36. The molecule has 152 valence electrons. The monoisotopic (exact) mass is 388 g/mol. The second-order valence-corrected chi connectivity index (χ2v) is 9.06. The van der Waals surface area contributed by atoms with Crippen molar-refractivity contribution in [1.29, 1.82) is 0 Å². The first-order valence-corrected chi connectivity index (χ1v) is 10.3. The SMILES string of the molecule is CC(C)c1ccccc1-c1nc(N)ccc1-c1cccc(OCCC(C)(C)C)c1.